The average molecular weight is 385 g/mol. The molecule has 1 unspecified atom stereocenters. The highest BCUT2D eigenvalue weighted by molar-refractivity contribution is 5.93. The molecule has 0 aromatic heterocycles. The zero-order chi connectivity index (χ0) is 20.4. The number of rotatable bonds is 11. The quantitative estimate of drug-likeness (QED) is 0.549. The van der Waals surface area contributed by atoms with E-state index < -0.39 is 0 Å². The number of carbonyl (C=O) groups excluding carboxylic acids is 1. The van der Waals surface area contributed by atoms with Crippen molar-refractivity contribution in [3.63, 3.8) is 0 Å². The van der Waals surface area contributed by atoms with Crippen LogP contribution in [0, 0.1) is 5.92 Å². The van der Waals surface area contributed by atoms with Crippen LogP contribution in [0.2, 0.25) is 0 Å². The summed E-state index contributed by atoms with van der Waals surface area (Å²) in [5, 5.41) is 5.99. The van der Waals surface area contributed by atoms with E-state index in [0.29, 0.717) is 12.5 Å². The Balaban J connectivity index is 1.74. The average Bonchev–Trinajstić information content (AvgIpc) is 2.68. The van der Waals surface area contributed by atoms with Gasteiger partial charge in [-0.2, -0.15) is 0 Å². The molecule has 2 aromatic carbocycles. The molecule has 0 saturated heterocycles. The molecule has 28 heavy (non-hydrogen) atoms. The van der Waals surface area contributed by atoms with Gasteiger partial charge in [0.05, 0.1) is 19.3 Å². The van der Waals surface area contributed by atoms with Gasteiger partial charge >= 0.3 is 0 Å². The smallest absolute Gasteiger partial charge is 0.243 e. The van der Waals surface area contributed by atoms with Crippen molar-refractivity contribution in [2.24, 2.45) is 5.92 Å². The number of anilines is 2. The highest BCUT2D eigenvalue weighted by Gasteiger charge is 2.05. The molecule has 5 nitrogen and oxygen atoms in total. The van der Waals surface area contributed by atoms with Crippen LogP contribution in [0.25, 0.3) is 0 Å². The van der Waals surface area contributed by atoms with Gasteiger partial charge < -0.3 is 20.1 Å². The van der Waals surface area contributed by atoms with Crippen LogP contribution < -0.4 is 20.1 Å². The maximum Gasteiger partial charge on any atom is 0.243 e. The number of ether oxygens (including phenoxy) is 2. The van der Waals surface area contributed by atoms with E-state index in [-0.39, 0.29) is 18.6 Å². The van der Waals surface area contributed by atoms with E-state index in [2.05, 4.69) is 31.4 Å². The van der Waals surface area contributed by atoms with Gasteiger partial charge in [0.15, 0.2) is 0 Å². The van der Waals surface area contributed by atoms with Crippen LogP contribution in [0.15, 0.2) is 48.5 Å². The highest BCUT2D eigenvalue weighted by Crippen LogP contribution is 2.18. The third-order valence-corrected chi connectivity index (χ3v) is 4.32. The Morgan fingerprint density at radius 2 is 1.54 bits per heavy atom. The van der Waals surface area contributed by atoms with Crippen LogP contribution in [0.5, 0.6) is 11.5 Å². The van der Waals surface area contributed by atoms with Gasteiger partial charge in [0.25, 0.3) is 0 Å². The van der Waals surface area contributed by atoms with Gasteiger partial charge in [-0.05, 0) is 74.2 Å². The minimum atomic E-state index is -0.103. The summed E-state index contributed by atoms with van der Waals surface area (Å²) in [6, 6.07) is 15.1. The monoisotopic (exact) mass is 384 g/mol. The molecule has 0 fully saturated rings. The number of benzene rings is 2. The summed E-state index contributed by atoms with van der Waals surface area (Å²) < 4.78 is 11.4. The first-order valence-corrected chi connectivity index (χ1v) is 9.99. The van der Waals surface area contributed by atoms with E-state index in [1.54, 1.807) is 0 Å². The third-order valence-electron chi connectivity index (χ3n) is 4.32. The van der Waals surface area contributed by atoms with Crippen molar-refractivity contribution in [2.45, 2.75) is 46.6 Å². The summed E-state index contributed by atoms with van der Waals surface area (Å²) in [5.41, 5.74) is 1.63. The minimum absolute atomic E-state index is 0.103. The van der Waals surface area contributed by atoms with Crippen molar-refractivity contribution >= 4 is 17.3 Å². The van der Waals surface area contributed by atoms with Crippen molar-refractivity contribution in [2.75, 3.05) is 23.8 Å². The molecule has 0 saturated carbocycles. The molecule has 0 aliphatic rings. The fourth-order valence-electron chi connectivity index (χ4n) is 2.40. The summed E-state index contributed by atoms with van der Waals surface area (Å²) in [4.78, 5) is 12.1. The van der Waals surface area contributed by atoms with Gasteiger partial charge in [-0.1, -0.05) is 20.8 Å². The van der Waals surface area contributed by atoms with Crippen LogP contribution in [-0.2, 0) is 4.79 Å². The molecule has 2 rings (SSSR count). The second kappa shape index (κ2) is 11.2. The number of carbonyl (C=O) groups is 1. The summed E-state index contributed by atoms with van der Waals surface area (Å²) in [6.45, 7) is 9.37. The van der Waals surface area contributed by atoms with Crippen molar-refractivity contribution in [3.8, 4) is 11.5 Å². The summed E-state index contributed by atoms with van der Waals surface area (Å²) in [6.07, 6.45) is 2.18. The zero-order valence-electron chi connectivity index (χ0n) is 17.3. The fourth-order valence-corrected chi connectivity index (χ4v) is 2.40. The standard InChI is InChI=1S/C23H32N2O3/c1-5-18(4)28-22-12-6-19(7-13-22)24-16-23(26)25-20-8-10-21(11-9-20)27-15-14-17(2)3/h6-13,17-18,24H,5,14-16H2,1-4H3,(H,25,26). The molecule has 5 heteroatoms. The maximum atomic E-state index is 12.1. The number of amides is 1. The number of hydrogen-bond acceptors (Lipinski definition) is 4. The van der Waals surface area contributed by atoms with Crippen molar-refractivity contribution in [3.05, 3.63) is 48.5 Å². The highest BCUT2D eigenvalue weighted by atomic mass is 16.5. The Hall–Kier alpha value is -2.69. The lowest BCUT2D eigenvalue weighted by Crippen LogP contribution is -2.21. The Morgan fingerprint density at radius 1 is 0.929 bits per heavy atom. The van der Waals surface area contributed by atoms with E-state index in [4.69, 9.17) is 9.47 Å². The molecule has 2 aromatic rings. The SMILES string of the molecule is CCC(C)Oc1ccc(NCC(=O)Nc2ccc(OCCC(C)C)cc2)cc1. The van der Waals surface area contributed by atoms with Gasteiger partial charge in [-0.25, -0.2) is 0 Å². The van der Waals surface area contributed by atoms with E-state index in [0.717, 1.165) is 35.7 Å². The van der Waals surface area contributed by atoms with Crippen molar-refractivity contribution in [1.82, 2.24) is 0 Å². The van der Waals surface area contributed by atoms with Gasteiger partial charge in [-0.15, -0.1) is 0 Å². The second-order valence-corrected chi connectivity index (χ2v) is 7.32. The van der Waals surface area contributed by atoms with Gasteiger partial charge in [-0.3, -0.25) is 4.79 Å². The number of nitrogens with one attached hydrogen (secondary N) is 2. The van der Waals surface area contributed by atoms with Crippen molar-refractivity contribution in [1.29, 1.82) is 0 Å². The van der Waals surface area contributed by atoms with Crippen LogP contribution >= 0.6 is 0 Å². The fraction of sp³-hybridized carbons (Fsp3) is 0.435. The number of hydrogen-bond donors (Lipinski definition) is 2. The van der Waals surface area contributed by atoms with Gasteiger partial charge in [0.2, 0.25) is 5.91 Å². The second-order valence-electron chi connectivity index (χ2n) is 7.32. The molecule has 0 heterocycles. The molecule has 2 N–H and O–H groups in total. The largest absolute Gasteiger partial charge is 0.494 e. The first-order chi connectivity index (χ1) is 13.5. The minimum Gasteiger partial charge on any atom is -0.494 e. The molecule has 0 aliphatic carbocycles. The van der Waals surface area contributed by atoms with Crippen LogP contribution in [0.3, 0.4) is 0 Å². The predicted octanol–water partition coefficient (Wildman–Crippen LogP) is 5.34. The Bertz CT molecular complexity index is 712. The van der Waals surface area contributed by atoms with Crippen LogP contribution in [0.4, 0.5) is 11.4 Å². The molecule has 1 amide bonds. The van der Waals surface area contributed by atoms with E-state index in [1.807, 2.05) is 55.5 Å². The maximum absolute atomic E-state index is 12.1. The van der Waals surface area contributed by atoms with Crippen LogP contribution in [-0.4, -0.2) is 25.2 Å². The molecular weight excluding hydrogens is 352 g/mol. The Labute approximate surface area is 168 Å². The van der Waals surface area contributed by atoms with Crippen molar-refractivity contribution < 1.29 is 14.3 Å². The topological polar surface area (TPSA) is 59.6 Å². The molecule has 0 spiro atoms. The summed E-state index contributed by atoms with van der Waals surface area (Å²) in [7, 11) is 0. The van der Waals surface area contributed by atoms with E-state index in [9.17, 15) is 4.79 Å². The lowest BCUT2D eigenvalue weighted by molar-refractivity contribution is -0.114. The predicted molar refractivity (Wildman–Crippen MR) is 115 cm³/mol. The van der Waals surface area contributed by atoms with E-state index >= 15 is 0 Å². The molecular formula is C23H32N2O3. The Morgan fingerprint density at radius 3 is 2.14 bits per heavy atom. The van der Waals surface area contributed by atoms with Crippen LogP contribution in [0.1, 0.15) is 40.5 Å². The molecule has 0 aliphatic heterocycles. The van der Waals surface area contributed by atoms with E-state index in [1.165, 1.54) is 0 Å². The summed E-state index contributed by atoms with van der Waals surface area (Å²) >= 11 is 0. The van der Waals surface area contributed by atoms with Gasteiger partial charge in [0.1, 0.15) is 11.5 Å². The lowest BCUT2D eigenvalue weighted by atomic mass is 10.1. The molecule has 1 atom stereocenters. The van der Waals surface area contributed by atoms with Gasteiger partial charge in [0, 0.05) is 11.4 Å². The third kappa shape index (κ3) is 7.91. The normalized spacial score (nSPS) is 11.8. The first-order valence-electron chi connectivity index (χ1n) is 9.99. The zero-order valence-corrected chi connectivity index (χ0v) is 17.3. The molecule has 0 radical (unpaired) electrons. The summed E-state index contributed by atoms with van der Waals surface area (Å²) in [5.74, 6) is 2.17. The first kappa shape index (κ1) is 21.6. The Kier molecular flexibility index (Phi) is 8.66. The lowest BCUT2D eigenvalue weighted by Gasteiger charge is -2.13. The molecule has 0 bridgehead atoms. The molecule has 152 valence electrons.